The van der Waals surface area contributed by atoms with Crippen molar-refractivity contribution in [3.8, 4) is 11.1 Å². The molecule has 0 aliphatic carbocycles. The van der Waals surface area contributed by atoms with E-state index in [1.54, 1.807) is 0 Å². The van der Waals surface area contributed by atoms with Gasteiger partial charge in [0, 0.05) is 5.56 Å². The molecule has 132 valence electrons. The quantitative estimate of drug-likeness (QED) is 0.841. The number of ether oxygens (including phenoxy) is 1. The van der Waals surface area contributed by atoms with Crippen LogP contribution in [-0.4, -0.2) is 41.9 Å². The lowest BCUT2D eigenvalue weighted by molar-refractivity contribution is -0.955. The van der Waals surface area contributed by atoms with Crippen molar-refractivity contribution < 1.29 is 14.3 Å². The van der Waals surface area contributed by atoms with Crippen LogP contribution in [0.15, 0.2) is 54.6 Å². The third kappa shape index (κ3) is 3.37. The van der Waals surface area contributed by atoms with Gasteiger partial charge in [0.25, 0.3) is 0 Å². The Morgan fingerprint density at radius 2 is 1.56 bits per heavy atom. The molecule has 2 heterocycles. The molecule has 2 saturated heterocycles. The summed E-state index contributed by atoms with van der Waals surface area (Å²) in [7, 11) is 0. The van der Waals surface area contributed by atoms with Crippen LogP contribution in [0.5, 0.6) is 0 Å². The first kappa shape index (κ1) is 16.8. The highest BCUT2D eigenvalue weighted by Crippen LogP contribution is 2.36. The molecule has 2 atom stereocenters. The van der Waals surface area contributed by atoms with E-state index >= 15 is 0 Å². The molecule has 0 aromatic heterocycles. The van der Waals surface area contributed by atoms with Gasteiger partial charge in [0.05, 0.1) is 13.1 Å². The molecule has 0 amide bonds. The first-order chi connectivity index (χ1) is 12.1. The van der Waals surface area contributed by atoms with Gasteiger partial charge in [-0.05, 0) is 37.3 Å². The minimum atomic E-state index is -1.18. The lowest BCUT2D eigenvalue weighted by atomic mass is 9.95. The fourth-order valence-electron chi connectivity index (χ4n) is 4.71. The van der Waals surface area contributed by atoms with Crippen molar-refractivity contribution in [2.24, 2.45) is 0 Å². The van der Waals surface area contributed by atoms with Crippen molar-refractivity contribution >= 4 is 0 Å². The highest BCUT2D eigenvalue weighted by molar-refractivity contribution is 5.63. The molecule has 2 fully saturated rings. The summed E-state index contributed by atoms with van der Waals surface area (Å²) in [6.07, 6.45) is 3.91. The fourth-order valence-corrected chi connectivity index (χ4v) is 4.71. The van der Waals surface area contributed by atoms with Crippen LogP contribution >= 0.6 is 0 Å². The normalized spacial score (nSPS) is 28.8. The standard InChI is InChI=1S/C22H28NO2/c1-18-16-23(14-6-3-7-15-23)17-22(24,25-18)21-12-10-20(11-13-21)19-8-4-2-5-9-19/h2,4-5,8-13,18,24H,3,6-7,14-17H2,1H3/q+1/t18-,22-/m0/s1. The van der Waals surface area contributed by atoms with Gasteiger partial charge in [-0.1, -0.05) is 54.6 Å². The van der Waals surface area contributed by atoms with Gasteiger partial charge >= 0.3 is 0 Å². The number of hydrogen-bond acceptors (Lipinski definition) is 2. The lowest BCUT2D eigenvalue weighted by Gasteiger charge is -2.51. The van der Waals surface area contributed by atoms with Crippen molar-refractivity contribution in [3.05, 3.63) is 60.2 Å². The van der Waals surface area contributed by atoms with Crippen molar-refractivity contribution in [1.82, 2.24) is 0 Å². The molecule has 3 nitrogen and oxygen atoms in total. The summed E-state index contributed by atoms with van der Waals surface area (Å²) in [5, 5.41) is 11.4. The van der Waals surface area contributed by atoms with Crippen LogP contribution in [0.2, 0.25) is 0 Å². The van der Waals surface area contributed by atoms with Gasteiger partial charge in [0.2, 0.25) is 5.79 Å². The Kier molecular flexibility index (Phi) is 4.40. The maximum atomic E-state index is 11.4. The molecule has 2 aliphatic rings. The van der Waals surface area contributed by atoms with E-state index in [1.807, 2.05) is 30.3 Å². The molecule has 4 rings (SSSR count). The highest BCUT2D eigenvalue weighted by atomic mass is 16.6. The zero-order valence-electron chi connectivity index (χ0n) is 15.0. The molecule has 0 unspecified atom stereocenters. The second kappa shape index (κ2) is 6.56. The molecule has 3 heteroatoms. The number of morpholine rings is 1. The Hall–Kier alpha value is -1.68. The first-order valence-electron chi connectivity index (χ1n) is 9.50. The zero-order chi connectivity index (χ0) is 17.3. The number of piperidine rings is 1. The topological polar surface area (TPSA) is 29.5 Å². The zero-order valence-corrected chi connectivity index (χ0v) is 15.0. The molecule has 0 saturated carbocycles. The van der Waals surface area contributed by atoms with Crippen LogP contribution in [-0.2, 0) is 10.5 Å². The van der Waals surface area contributed by atoms with Gasteiger partial charge in [0.1, 0.15) is 19.2 Å². The fraction of sp³-hybridized carbons (Fsp3) is 0.455. The molecular formula is C22H28NO2+. The van der Waals surface area contributed by atoms with Crippen LogP contribution in [0.1, 0.15) is 31.7 Å². The largest absolute Gasteiger partial charge is 0.357 e. The SMILES string of the molecule is C[C@H]1C[N+]2(CCCCC2)C[C@@](O)(c2ccc(-c3ccccc3)cc2)O1. The van der Waals surface area contributed by atoms with Gasteiger partial charge in [0.15, 0.2) is 0 Å². The molecule has 2 aromatic rings. The van der Waals surface area contributed by atoms with Crippen molar-refractivity contribution in [1.29, 1.82) is 0 Å². The van der Waals surface area contributed by atoms with Gasteiger partial charge in [-0.25, -0.2) is 0 Å². The number of quaternary nitrogens is 1. The van der Waals surface area contributed by atoms with Gasteiger partial charge in [-0.3, -0.25) is 0 Å². The van der Waals surface area contributed by atoms with E-state index in [0.29, 0.717) is 6.54 Å². The maximum Gasteiger partial charge on any atom is 0.244 e. The molecule has 0 bridgehead atoms. The summed E-state index contributed by atoms with van der Waals surface area (Å²) in [6, 6.07) is 18.6. The smallest absolute Gasteiger partial charge is 0.244 e. The minimum Gasteiger partial charge on any atom is -0.357 e. The number of hydrogen-bond donors (Lipinski definition) is 1. The van der Waals surface area contributed by atoms with E-state index in [-0.39, 0.29) is 6.10 Å². The minimum absolute atomic E-state index is 0.0747. The molecular weight excluding hydrogens is 310 g/mol. The van der Waals surface area contributed by atoms with Crippen LogP contribution in [0.4, 0.5) is 0 Å². The predicted molar refractivity (Wildman–Crippen MR) is 99.9 cm³/mol. The summed E-state index contributed by atoms with van der Waals surface area (Å²) < 4.78 is 7.07. The molecule has 0 radical (unpaired) electrons. The number of nitrogens with zero attached hydrogens (tertiary/aromatic N) is 1. The second-order valence-corrected chi connectivity index (χ2v) is 7.85. The Morgan fingerprint density at radius 3 is 2.24 bits per heavy atom. The predicted octanol–water partition coefficient (Wildman–Crippen LogP) is 3.92. The average Bonchev–Trinajstić information content (AvgIpc) is 2.62. The maximum absolute atomic E-state index is 11.4. The summed E-state index contributed by atoms with van der Waals surface area (Å²) >= 11 is 0. The average molecular weight is 338 g/mol. The molecule has 25 heavy (non-hydrogen) atoms. The molecule has 2 aliphatic heterocycles. The first-order valence-corrected chi connectivity index (χ1v) is 9.50. The van der Waals surface area contributed by atoms with Gasteiger partial charge in [-0.15, -0.1) is 0 Å². The Morgan fingerprint density at radius 1 is 0.920 bits per heavy atom. The Balaban J connectivity index is 1.61. The highest BCUT2D eigenvalue weighted by Gasteiger charge is 2.49. The summed E-state index contributed by atoms with van der Waals surface area (Å²) in [4.78, 5) is 0. The molecule has 1 N–H and O–H groups in total. The van der Waals surface area contributed by atoms with E-state index < -0.39 is 5.79 Å². The van der Waals surface area contributed by atoms with E-state index in [0.717, 1.165) is 29.7 Å². The second-order valence-electron chi connectivity index (χ2n) is 7.85. The molecule has 1 spiro atoms. The third-order valence-corrected chi connectivity index (χ3v) is 5.80. The van der Waals surface area contributed by atoms with Crippen LogP contribution in [0.25, 0.3) is 11.1 Å². The van der Waals surface area contributed by atoms with Gasteiger partial charge in [-0.2, -0.15) is 0 Å². The number of benzene rings is 2. The van der Waals surface area contributed by atoms with Crippen molar-refractivity contribution in [3.63, 3.8) is 0 Å². The van der Waals surface area contributed by atoms with E-state index in [9.17, 15) is 5.11 Å². The Bertz CT molecular complexity index is 707. The van der Waals surface area contributed by atoms with E-state index in [1.165, 1.54) is 30.4 Å². The van der Waals surface area contributed by atoms with Crippen molar-refractivity contribution in [2.45, 2.75) is 38.1 Å². The number of aliphatic hydroxyl groups is 1. The summed E-state index contributed by atoms with van der Waals surface area (Å²) in [6.45, 7) is 6.11. The van der Waals surface area contributed by atoms with Gasteiger partial charge < -0.3 is 14.3 Å². The van der Waals surface area contributed by atoms with Crippen molar-refractivity contribution in [2.75, 3.05) is 26.2 Å². The molecule has 2 aromatic carbocycles. The van der Waals surface area contributed by atoms with E-state index in [2.05, 4.69) is 31.2 Å². The number of rotatable bonds is 2. The summed E-state index contributed by atoms with van der Waals surface area (Å²) in [5.41, 5.74) is 3.24. The monoisotopic (exact) mass is 338 g/mol. The third-order valence-electron chi connectivity index (χ3n) is 5.80. The van der Waals surface area contributed by atoms with Crippen LogP contribution in [0.3, 0.4) is 0 Å². The van der Waals surface area contributed by atoms with Crippen LogP contribution < -0.4 is 0 Å². The summed E-state index contributed by atoms with van der Waals surface area (Å²) in [5.74, 6) is -1.18. The van der Waals surface area contributed by atoms with E-state index in [4.69, 9.17) is 4.74 Å². The lowest BCUT2D eigenvalue weighted by Crippen LogP contribution is -2.65. The van der Waals surface area contributed by atoms with Crippen LogP contribution in [0, 0.1) is 0 Å². The Labute approximate surface area is 150 Å².